The maximum absolute atomic E-state index is 13.2. The molecule has 1 aliphatic carbocycles. The van der Waals surface area contributed by atoms with Gasteiger partial charge in [-0.15, -0.1) is 0 Å². The molecule has 3 heterocycles. The molecule has 3 aliphatic rings. The summed E-state index contributed by atoms with van der Waals surface area (Å²) in [6.45, 7) is 0.907. The normalized spacial score (nSPS) is 17.3. The predicted molar refractivity (Wildman–Crippen MR) is 154 cm³/mol. The molecule has 0 saturated carbocycles. The van der Waals surface area contributed by atoms with E-state index < -0.39 is 41.4 Å². The lowest BCUT2D eigenvalue weighted by atomic mass is 9.89. The number of carbonyl (C=O) groups is 7. The van der Waals surface area contributed by atoms with Gasteiger partial charge in [0, 0.05) is 42.4 Å². The summed E-state index contributed by atoms with van der Waals surface area (Å²) in [7, 11) is 0. The number of fused-ring (bicyclic) bond motifs is 3. The monoisotopic (exact) mass is 596 g/mol. The molecule has 224 valence electrons. The minimum Gasteiger partial charge on any atom is -0.447 e. The Kier molecular flexibility index (Phi) is 7.64. The molecule has 0 radical (unpaired) electrons. The maximum atomic E-state index is 13.2. The van der Waals surface area contributed by atoms with Gasteiger partial charge >= 0.3 is 0 Å². The standard InChI is InChI=1S/C32H28N4O8/c37-24-13-12-22(29(40)35-24)36-31(42)19-10-7-11-21(25(19)32(36)43)33-14-5-1-2-6-15-34-30(41)23-16-20-26(38)17-8-3-4-9-18(17)27(39)28(20)44-23/h3-4,7-11,16,22,33H,1-2,5-6,12-15H2,(H,34,41)(H,35,37,40). The van der Waals surface area contributed by atoms with Gasteiger partial charge in [0.1, 0.15) is 6.04 Å². The third-order valence-electron chi connectivity index (χ3n) is 8.00. The van der Waals surface area contributed by atoms with Crippen molar-refractivity contribution >= 4 is 46.8 Å². The molecule has 3 N–H and O–H groups in total. The van der Waals surface area contributed by atoms with Crippen molar-refractivity contribution in [2.45, 2.75) is 44.6 Å². The van der Waals surface area contributed by atoms with Crippen LogP contribution in [0.4, 0.5) is 5.69 Å². The number of nitrogens with one attached hydrogen (secondary N) is 3. The predicted octanol–water partition coefficient (Wildman–Crippen LogP) is 2.86. The number of unbranched alkanes of at least 4 members (excludes halogenated alkanes) is 3. The summed E-state index contributed by atoms with van der Waals surface area (Å²) in [5.74, 6) is -3.68. The van der Waals surface area contributed by atoms with Crippen molar-refractivity contribution in [3.05, 3.63) is 87.9 Å². The van der Waals surface area contributed by atoms with Crippen LogP contribution in [0.2, 0.25) is 0 Å². The number of anilines is 1. The number of piperidine rings is 1. The summed E-state index contributed by atoms with van der Waals surface area (Å²) in [6, 6.07) is 11.7. The first kappa shape index (κ1) is 28.7. The van der Waals surface area contributed by atoms with Gasteiger partial charge in [-0.25, -0.2) is 0 Å². The van der Waals surface area contributed by atoms with Crippen LogP contribution in [-0.4, -0.2) is 65.1 Å². The third kappa shape index (κ3) is 5.08. The second kappa shape index (κ2) is 11.7. The summed E-state index contributed by atoms with van der Waals surface area (Å²) in [4.78, 5) is 89.0. The Morgan fingerprint density at radius 2 is 1.52 bits per heavy atom. The first-order valence-corrected chi connectivity index (χ1v) is 14.4. The largest absolute Gasteiger partial charge is 0.447 e. The Balaban J connectivity index is 0.950. The fourth-order valence-corrected chi connectivity index (χ4v) is 5.76. The summed E-state index contributed by atoms with van der Waals surface area (Å²) in [6.07, 6.45) is 3.22. The molecule has 12 heteroatoms. The zero-order chi connectivity index (χ0) is 31.0. The molecule has 1 aromatic heterocycles. The molecule has 1 atom stereocenters. The van der Waals surface area contributed by atoms with Crippen molar-refractivity contribution in [2.75, 3.05) is 18.4 Å². The van der Waals surface area contributed by atoms with Crippen LogP contribution in [0, 0.1) is 0 Å². The Bertz CT molecular complexity index is 1700. The first-order chi connectivity index (χ1) is 21.3. The Morgan fingerprint density at radius 1 is 0.818 bits per heavy atom. The lowest BCUT2D eigenvalue weighted by Crippen LogP contribution is -2.54. The van der Waals surface area contributed by atoms with Gasteiger partial charge in [0.25, 0.3) is 17.7 Å². The summed E-state index contributed by atoms with van der Waals surface area (Å²) in [5, 5.41) is 8.16. The number of rotatable bonds is 10. The van der Waals surface area contributed by atoms with E-state index in [1.807, 2.05) is 0 Å². The molecule has 2 aliphatic heterocycles. The number of imide groups is 2. The highest BCUT2D eigenvalue weighted by Gasteiger charge is 2.45. The van der Waals surface area contributed by atoms with Crippen LogP contribution < -0.4 is 16.0 Å². The second-order valence-corrected chi connectivity index (χ2v) is 10.8. The van der Waals surface area contributed by atoms with Crippen molar-refractivity contribution in [1.29, 1.82) is 0 Å². The second-order valence-electron chi connectivity index (χ2n) is 10.8. The first-order valence-electron chi connectivity index (χ1n) is 14.4. The van der Waals surface area contributed by atoms with Gasteiger partial charge in [-0.2, -0.15) is 0 Å². The van der Waals surface area contributed by atoms with Crippen molar-refractivity contribution in [2.24, 2.45) is 0 Å². The number of hydrogen-bond donors (Lipinski definition) is 3. The van der Waals surface area contributed by atoms with Gasteiger partial charge in [0.15, 0.2) is 17.3 Å². The van der Waals surface area contributed by atoms with E-state index in [4.69, 9.17) is 4.42 Å². The number of carbonyl (C=O) groups excluding carboxylic acids is 7. The van der Waals surface area contributed by atoms with E-state index in [1.165, 1.54) is 6.07 Å². The van der Waals surface area contributed by atoms with Gasteiger partial charge in [-0.05, 0) is 31.4 Å². The van der Waals surface area contributed by atoms with Crippen LogP contribution in [0.1, 0.15) is 102 Å². The van der Waals surface area contributed by atoms with Crippen molar-refractivity contribution in [3.8, 4) is 0 Å². The average molecular weight is 597 g/mol. The number of amides is 5. The van der Waals surface area contributed by atoms with E-state index in [-0.39, 0.29) is 58.0 Å². The number of hydrogen-bond acceptors (Lipinski definition) is 9. The van der Waals surface area contributed by atoms with Crippen LogP contribution in [-0.2, 0) is 9.59 Å². The molecule has 6 rings (SSSR count). The van der Waals surface area contributed by atoms with Crippen LogP contribution in [0.25, 0.3) is 0 Å². The summed E-state index contributed by atoms with van der Waals surface area (Å²) >= 11 is 0. The number of benzene rings is 2. The fourth-order valence-electron chi connectivity index (χ4n) is 5.76. The zero-order valence-corrected chi connectivity index (χ0v) is 23.6. The van der Waals surface area contributed by atoms with Crippen molar-refractivity contribution < 1.29 is 38.0 Å². The topological polar surface area (TPSA) is 172 Å². The van der Waals surface area contributed by atoms with Crippen molar-refractivity contribution in [3.63, 3.8) is 0 Å². The van der Waals surface area contributed by atoms with E-state index in [0.717, 1.165) is 24.2 Å². The van der Waals surface area contributed by atoms with Gasteiger partial charge in [0.05, 0.1) is 16.7 Å². The van der Waals surface area contributed by atoms with Gasteiger partial charge in [-0.3, -0.25) is 43.8 Å². The SMILES string of the molecule is O=C1CCC(N2C(=O)c3cccc(NCCCCCCNC(=O)c4cc5c(o4)C(=O)c4ccccc4C5=O)c3C2=O)C(=O)N1. The lowest BCUT2D eigenvalue weighted by Gasteiger charge is -2.27. The molecule has 1 saturated heterocycles. The lowest BCUT2D eigenvalue weighted by molar-refractivity contribution is -0.136. The van der Waals surface area contributed by atoms with E-state index >= 15 is 0 Å². The molecule has 44 heavy (non-hydrogen) atoms. The molecule has 2 aromatic carbocycles. The van der Waals surface area contributed by atoms with Gasteiger partial charge < -0.3 is 15.1 Å². The van der Waals surface area contributed by atoms with E-state index in [1.54, 1.807) is 42.5 Å². The highest BCUT2D eigenvalue weighted by Crippen LogP contribution is 2.33. The van der Waals surface area contributed by atoms with Crippen LogP contribution >= 0.6 is 0 Å². The summed E-state index contributed by atoms with van der Waals surface area (Å²) < 4.78 is 5.48. The van der Waals surface area contributed by atoms with E-state index in [9.17, 15) is 33.6 Å². The van der Waals surface area contributed by atoms with Gasteiger partial charge in [0.2, 0.25) is 17.6 Å². The van der Waals surface area contributed by atoms with Crippen LogP contribution in [0.3, 0.4) is 0 Å². The fraction of sp³-hybridized carbons (Fsp3) is 0.281. The maximum Gasteiger partial charge on any atom is 0.287 e. The highest BCUT2D eigenvalue weighted by molar-refractivity contribution is 6.28. The molecule has 12 nitrogen and oxygen atoms in total. The highest BCUT2D eigenvalue weighted by atomic mass is 16.4. The summed E-state index contributed by atoms with van der Waals surface area (Å²) in [5.41, 5.74) is 1.58. The van der Waals surface area contributed by atoms with Gasteiger partial charge in [-0.1, -0.05) is 43.2 Å². The molecule has 0 bridgehead atoms. The molecular weight excluding hydrogens is 568 g/mol. The van der Waals surface area contributed by atoms with Crippen LogP contribution in [0.5, 0.6) is 0 Å². The smallest absolute Gasteiger partial charge is 0.287 e. The van der Waals surface area contributed by atoms with E-state index in [2.05, 4.69) is 16.0 Å². The quantitative estimate of drug-likeness (QED) is 0.184. The molecule has 1 unspecified atom stereocenters. The number of nitrogens with zero attached hydrogens (tertiary/aromatic N) is 1. The Hall–Kier alpha value is -5.39. The van der Waals surface area contributed by atoms with E-state index in [0.29, 0.717) is 25.2 Å². The minimum absolute atomic E-state index is 0.0561. The zero-order valence-electron chi connectivity index (χ0n) is 23.6. The van der Waals surface area contributed by atoms with Crippen LogP contribution in [0.15, 0.2) is 52.9 Å². The third-order valence-corrected chi connectivity index (χ3v) is 8.00. The Morgan fingerprint density at radius 3 is 2.27 bits per heavy atom. The van der Waals surface area contributed by atoms with Crippen molar-refractivity contribution in [1.82, 2.24) is 15.5 Å². The minimum atomic E-state index is -1.02. The molecule has 3 aromatic rings. The Labute approximate surface area is 251 Å². The number of furan rings is 1. The molecule has 1 fully saturated rings. The molecule has 0 spiro atoms. The molecular formula is C32H28N4O8. The average Bonchev–Trinajstić information content (AvgIpc) is 3.58. The number of ketones is 2. The molecule has 5 amide bonds.